The topological polar surface area (TPSA) is 57.4 Å². The van der Waals surface area contributed by atoms with E-state index in [0.29, 0.717) is 21.8 Å². The van der Waals surface area contributed by atoms with Crippen LogP contribution in [0.1, 0.15) is 75.4 Å². The minimum atomic E-state index is -2.42. The first kappa shape index (κ1) is 39.0. The Bertz CT molecular complexity index is 3010. The Balaban J connectivity index is 1.59. The van der Waals surface area contributed by atoms with Gasteiger partial charge in [-0.1, -0.05) is 41.5 Å². The van der Waals surface area contributed by atoms with E-state index >= 15 is 17.6 Å². The Labute approximate surface area is 334 Å². The Morgan fingerprint density at radius 1 is 0.367 bits per heavy atom. The van der Waals surface area contributed by atoms with E-state index in [0.717, 1.165) is 34.0 Å². The van der Waals surface area contributed by atoms with Gasteiger partial charge in [0.1, 0.15) is 0 Å². The minimum absolute atomic E-state index is 0.243. The van der Waals surface area contributed by atoms with Gasteiger partial charge < -0.3 is 9.97 Å². The molecule has 2 aliphatic rings. The van der Waals surface area contributed by atoms with Gasteiger partial charge in [-0.3, -0.25) is 0 Å². The molecule has 60 heavy (non-hydrogen) atoms. The Hall–Kier alpha value is -6.44. The van der Waals surface area contributed by atoms with Gasteiger partial charge in [0.25, 0.3) is 0 Å². The number of nitrogens with zero attached hydrogens (tertiary/aromatic N) is 2. The van der Waals surface area contributed by atoms with Gasteiger partial charge in [-0.05, 0) is 82.7 Å². The van der Waals surface area contributed by atoms with E-state index in [4.69, 9.17) is 9.97 Å². The zero-order valence-corrected chi connectivity index (χ0v) is 32.4. The molecule has 304 valence electrons. The molecule has 0 spiro atoms. The lowest BCUT2D eigenvalue weighted by Crippen LogP contribution is -2.11. The second-order valence-electron chi connectivity index (χ2n) is 16.9. The van der Waals surface area contributed by atoms with Crippen molar-refractivity contribution in [3.05, 3.63) is 128 Å². The summed E-state index contributed by atoms with van der Waals surface area (Å²) in [6, 6.07) is 10.0. The predicted molar refractivity (Wildman–Crippen MR) is 213 cm³/mol. The lowest BCUT2D eigenvalue weighted by molar-refractivity contribution is 0.381. The maximum Gasteiger partial charge on any atom is 0.200 e. The molecule has 4 nitrogen and oxygen atoms in total. The molecule has 0 radical (unpaired) electrons. The first-order chi connectivity index (χ1) is 28.2. The summed E-state index contributed by atoms with van der Waals surface area (Å²) in [4.78, 5) is 15.6. The van der Waals surface area contributed by atoms with Gasteiger partial charge in [-0.15, -0.1) is 0 Å². The van der Waals surface area contributed by atoms with Crippen LogP contribution < -0.4 is 0 Å². The van der Waals surface area contributed by atoms with Gasteiger partial charge in [-0.25, -0.2) is 53.9 Å². The average molecular weight is 829 g/mol. The van der Waals surface area contributed by atoms with Crippen LogP contribution in [-0.4, -0.2) is 19.9 Å². The third-order valence-electron chi connectivity index (χ3n) is 11.0. The molecular formula is C46H30F10N4. The first-order valence-electron chi connectivity index (χ1n) is 18.6. The molecule has 2 aliphatic heterocycles. The number of halogens is 10. The molecular weight excluding hydrogens is 799 g/mol. The van der Waals surface area contributed by atoms with Crippen molar-refractivity contribution in [2.75, 3.05) is 0 Å². The molecule has 0 amide bonds. The molecule has 2 N–H and O–H groups in total. The van der Waals surface area contributed by atoms with E-state index in [1.54, 1.807) is 0 Å². The lowest BCUT2D eigenvalue weighted by Gasteiger charge is -2.20. The smallest absolute Gasteiger partial charge is 0.200 e. The molecule has 7 aromatic rings. The fourth-order valence-electron chi connectivity index (χ4n) is 7.81. The number of hydrogen-bond acceptors (Lipinski definition) is 2. The number of hydrogen-bond donors (Lipinski definition) is 2. The largest absolute Gasteiger partial charge is 0.354 e. The zero-order valence-electron chi connectivity index (χ0n) is 32.4. The maximum absolute atomic E-state index is 15.9. The van der Waals surface area contributed by atoms with Gasteiger partial charge in [0.15, 0.2) is 46.5 Å². The highest BCUT2D eigenvalue weighted by atomic mass is 19.2. The van der Waals surface area contributed by atoms with Crippen LogP contribution in [0, 0.1) is 58.2 Å². The highest BCUT2D eigenvalue weighted by Crippen LogP contribution is 2.44. The fourth-order valence-corrected chi connectivity index (χ4v) is 7.81. The van der Waals surface area contributed by atoms with Crippen LogP contribution in [0.3, 0.4) is 0 Å². The van der Waals surface area contributed by atoms with Gasteiger partial charge in [-0.2, -0.15) is 0 Å². The molecule has 4 aromatic carbocycles. The number of benzene rings is 4. The van der Waals surface area contributed by atoms with E-state index in [1.165, 1.54) is 24.3 Å². The Kier molecular flexibility index (Phi) is 8.48. The standard InChI is InChI=1S/C46H30F10N4/c1-45(2,3)17-13-19-20-14-18(46(4,5)6)16-22-24-8-10-26(58-24)30(32-35(49)39(53)42(56)40(54)36(32)50)28-12-11-27(59-28)29(31-33(47)37(51)41(55)38(52)34(31)48)25-9-7-23(57-25)21(15-17)43(19)60-44(20)22/h7-16,59-60H,1-6H3. The lowest BCUT2D eigenvalue weighted by atomic mass is 9.84. The third kappa shape index (κ3) is 5.66. The second kappa shape index (κ2) is 13.0. The molecule has 5 heterocycles. The van der Waals surface area contributed by atoms with Crippen LogP contribution in [0.2, 0.25) is 0 Å². The van der Waals surface area contributed by atoms with Crippen molar-refractivity contribution in [1.29, 1.82) is 0 Å². The molecule has 0 atom stereocenters. The van der Waals surface area contributed by atoms with Crippen molar-refractivity contribution in [3.63, 3.8) is 0 Å². The monoisotopic (exact) mass is 828 g/mol. The van der Waals surface area contributed by atoms with Crippen LogP contribution >= 0.6 is 0 Å². The van der Waals surface area contributed by atoms with E-state index in [-0.39, 0.29) is 22.8 Å². The highest BCUT2D eigenvalue weighted by Gasteiger charge is 2.32. The molecule has 8 bridgehead atoms. The minimum Gasteiger partial charge on any atom is -0.354 e. The molecule has 0 unspecified atom stereocenters. The van der Waals surface area contributed by atoms with Crippen LogP contribution in [0.4, 0.5) is 43.9 Å². The van der Waals surface area contributed by atoms with Gasteiger partial charge in [0, 0.05) is 43.7 Å². The average Bonchev–Trinajstić information content (AvgIpc) is 4.03. The van der Waals surface area contributed by atoms with Crippen LogP contribution in [0.25, 0.3) is 90.2 Å². The summed E-state index contributed by atoms with van der Waals surface area (Å²) in [5.74, 6) is -22.7. The molecule has 3 aromatic heterocycles. The maximum atomic E-state index is 15.9. The highest BCUT2D eigenvalue weighted by molar-refractivity contribution is 6.19. The van der Waals surface area contributed by atoms with E-state index < -0.39 is 102 Å². The number of H-pyrrole nitrogens is 2. The van der Waals surface area contributed by atoms with Crippen molar-refractivity contribution < 1.29 is 43.9 Å². The quantitative estimate of drug-likeness (QED) is 0.104. The second-order valence-corrected chi connectivity index (χ2v) is 16.9. The Morgan fingerprint density at radius 3 is 1.00 bits per heavy atom. The number of nitrogens with one attached hydrogen (secondary N) is 2. The van der Waals surface area contributed by atoms with Crippen LogP contribution in [0.15, 0.2) is 36.4 Å². The molecule has 9 rings (SSSR count). The van der Waals surface area contributed by atoms with Crippen molar-refractivity contribution >= 4 is 67.9 Å². The molecule has 0 aliphatic carbocycles. The van der Waals surface area contributed by atoms with E-state index in [1.807, 2.05) is 65.8 Å². The van der Waals surface area contributed by atoms with E-state index in [9.17, 15) is 26.3 Å². The summed E-state index contributed by atoms with van der Waals surface area (Å²) in [5.41, 5.74) is -3.00. The van der Waals surface area contributed by atoms with E-state index in [2.05, 4.69) is 9.97 Å². The predicted octanol–water partition coefficient (Wildman–Crippen LogP) is 13.7. The summed E-state index contributed by atoms with van der Waals surface area (Å²) in [7, 11) is 0. The summed E-state index contributed by atoms with van der Waals surface area (Å²) >= 11 is 0. The van der Waals surface area contributed by atoms with Gasteiger partial charge >= 0.3 is 0 Å². The summed E-state index contributed by atoms with van der Waals surface area (Å²) < 4.78 is 152. The van der Waals surface area contributed by atoms with Gasteiger partial charge in [0.2, 0.25) is 11.6 Å². The fraction of sp³-hybridized carbons (Fsp3) is 0.174. The Morgan fingerprint density at radius 2 is 0.667 bits per heavy atom. The number of rotatable bonds is 2. The summed E-state index contributed by atoms with van der Waals surface area (Å²) in [5, 5.41) is 2.56. The first-order valence-corrected chi connectivity index (χ1v) is 18.6. The van der Waals surface area contributed by atoms with Gasteiger partial charge in [0.05, 0.1) is 44.9 Å². The van der Waals surface area contributed by atoms with Crippen molar-refractivity contribution in [2.45, 2.75) is 52.4 Å². The normalized spacial score (nSPS) is 13.2. The zero-order chi connectivity index (χ0) is 43.1. The summed E-state index contributed by atoms with van der Waals surface area (Å²) in [6.45, 7) is 12.0. The molecule has 0 saturated heterocycles. The molecule has 0 fully saturated rings. The summed E-state index contributed by atoms with van der Waals surface area (Å²) in [6.07, 6.45) is 5.63. The van der Waals surface area contributed by atoms with Crippen molar-refractivity contribution in [2.24, 2.45) is 0 Å². The van der Waals surface area contributed by atoms with Crippen LogP contribution in [-0.2, 0) is 10.8 Å². The number of fused-ring (bicyclic) bond motifs is 9. The van der Waals surface area contributed by atoms with Crippen molar-refractivity contribution in [3.8, 4) is 22.3 Å². The molecule has 14 heteroatoms. The number of aromatic amines is 2. The molecule has 0 saturated carbocycles. The number of aromatic nitrogens is 4. The van der Waals surface area contributed by atoms with Crippen molar-refractivity contribution in [1.82, 2.24) is 19.9 Å². The van der Waals surface area contributed by atoms with Crippen LogP contribution in [0.5, 0.6) is 0 Å². The third-order valence-corrected chi connectivity index (χ3v) is 11.0. The SMILES string of the molecule is CC(C)(C)c1cc2c3nc(c(-c4c(F)c(F)c(F)c(F)c4F)c4ccc([nH]4)c(-c4c(F)c(F)c(F)c(F)c4F)c4nc(c5cc(C(C)(C)C)cc6c(c1)c2[nH]c56)C=C4)C=C3.